The van der Waals surface area contributed by atoms with E-state index >= 15 is 0 Å². The van der Waals surface area contributed by atoms with Crippen LogP contribution in [0.3, 0.4) is 0 Å². The van der Waals surface area contributed by atoms with Crippen molar-refractivity contribution in [3.8, 4) is 10.6 Å². The van der Waals surface area contributed by atoms with Crippen molar-refractivity contribution < 1.29 is 14.3 Å². The van der Waals surface area contributed by atoms with Crippen LogP contribution in [0.15, 0.2) is 17.8 Å². The molecule has 0 N–H and O–H groups in total. The molecular formula is C17H24N4O3S. The summed E-state index contributed by atoms with van der Waals surface area (Å²) in [4.78, 5) is 18.9. The molecule has 25 heavy (non-hydrogen) atoms. The molecule has 0 amide bonds. The largest absolute Gasteiger partial charge is 0.458 e. The quantitative estimate of drug-likeness (QED) is 0.731. The summed E-state index contributed by atoms with van der Waals surface area (Å²) in [7, 11) is 1.85. The van der Waals surface area contributed by atoms with Crippen molar-refractivity contribution in [3.63, 3.8) is 0 Å². The van der Waals surface area contributed by atoms with E-state index in [9.17, 15) is 4.79 Å². The summed E-state index contributed by atoms with van der Waals surface area (Å²) in [6.07, 6.45) is 3.52. The van der Waals surface area contributed by atoms with Gasteiger partial charge in [0.15, 0.2) is 5.69 Å². The lowest BCUT2D eigenvalue weighted by Gasteiger charge is -2.33. The highest BCUT2D eigenvalue weighted by molar-refractivity contribution is 7.13. The van der Waals surface area contributed by atoms with Gasteiger partial charge in [-0.2, -0.15) is 5.10 Å². The predicted octanol–water partition coefficient (Wildman–Crippen LogP) is 2.06. The molecule has 0 bridgehead atoms. The smallest absolute Gasteiger partial charge is 0.357 e. The molecule has 1 fully saturated rings. The van der Waals surface area contributed by atoms with Gasteiger partial charge in [-0.3, -0.25) is 9.58 Å². The molecule has 1 aliphatic rings. The number of rotatable bonds is 6. The summed E-state index contributed by atoms with van der Waals surface area (Å²) in [5.41, 5.74) is 1.23. The van der Waals surface area contributed by atoms with Gasteiger partial charge >= 0.3 is 5.97 Å². The van der Waals surface area contributed by atoms with Crippen molar-refractivity contribution in [1.82, 2.24) is 19.7 Å². The van der Waals surface area contributed by atoms with Crippen LogP contribution in [0.1, 0.15) is 24.3 Å². The number of ether oxygens (including phenoxy) is 2. The molecular weight excluding hydrogens is 340 g/mol. The fraction of sp³-hybridized carbons (Fsp3) is 0.588. The van der Waals surface area contributed by atoms with Gasteiger partial charge in [-0.15, -0.1) is 11.3 Å². The van der Waals surface area contributed by atoms with Crippen molar-refractivity contribution in [2.75, 3.05) is 32.8 Å². The van der Waals surface area contributed by atoms with Gasteiger partial charge in [0.25, 0.3) is 0 Å². The molecule has 2 aromatic heterocycles. The molecule has 0 spiro atoms. The number of morpholine rings is 1. The van der Waals surface area contributed by atoms with Gasteiger partial charge < -0.3 is 9.47 Å². The molecule has 136 valence electrons. The first-order valence-corrected chi connectivity index (χ1v) is 9.35. The van der Waals surface area contributed by atoms with Crippen molar-refractivity contribution in [2.45, 2.75) is 20.0 Å². The van der Waals surface area contributed by atoms with Crippen molar-refractivity contribution in [1.29, 1.82) is 0 Å². The lowest BCUT2D eigenvalue weighted by molar-refractivity contribution is -0.0613. The average Bonchev–Trinajstić information content (AvgIpc) is 3.21. The van der Waals surface area contributed by atoms with Gasteiger partial charge in [-0.1, -0.05) is 13.8 Å². The Morgan fingerprint density at radius 3 is 3.08 bits per heavy atom. The first kappa shape index (κ1) is 18.0. The zero-order valence-corrected chi connectivity index (χ0v) is 15.7. The molecule has 1 unspecified atom stereocenters. The molecule has 3 rings (SSSR count). The van der Waals surface area contributed by atoms with E-state index in [4.69, 9.17) is 9.47 Å². The SMILES string of the molecule is CC(C)CN1CCOC(COC(=O)c2csc(-c3cnn(C)c3)n2)C1. The van der Waals surface area contributed by atoms with E-state index in [1.165, 1.54) is 11.3 Å². The third-order valence-corrected chi connectivity index (χ3v) is 4.80. The normalized spacial score (nSPS) is 18.6. The topological polar surface area (TPSA) is 69.5 Å². The summed E-state index contributed by atoms with van der Waals surface area (Å²) in [5.74, 6) is 0.207. The third kappa shape index (κ3) is 4.87. The second-order valence-electron chi connectivity index (χ2n) is 6.69. The van der Waals surface area contributed by atoms with E-state index < -0.39 is 5.97 Å². The van der Waals surface area contributed by atoms with Gasteiger partial charge in [0.1, 0.15) is 17.7 Å². The minimum atomic E-state index is -0.407. The molecule has 1 atom stereocenters. The zero-order chi connectivity index (χ0) is 17.8. The van der Waals surface area contributed by atoms with Crippen molar-refractivity contribution >= 4 is 17.3 Å². The number of esters is 1. The van der Waals surface area contributed by atoms with Crippen LogP contribution < -0.4 is 0 Å². The fourth-order valence-corrected chi connectivity index (χ4v) is 3.60. The highest BCUT2D eigenvalue weighted by Crippen LogP contribution is 2.23. The zero-order valence-electron chi connectivity index (χ0n) is 14.8. The number of aromatic nitrogens is 3. The average molecular weight is 364 g/mol. The van der Waals surface area contributed by atoms with Crippen molar-refractivity contribution in [2.24, 2.45) is 13.0 Å². The number of nitrogens with zero attached hydrogens (tertiary/aromatic N) is 4. The molecule has 0 radical (unpaired) electrons. The van der Waals surface area contributed by atoms with Crippen LogP contribution >= 0.6 is 11.3 Å². The Labute approximate surface area is 151 Å². The third-order valence-electron chi connectivity index (χ3n) is 3.91. The molecule has 0 aromatic carbocycles. The summed E-state index contributed by atoms with van der Waals surface area (Å²) >= 11 is 1.41. The standard InChI is InChI=1S/C17H24N4O3S/c1-12(2)7-21-4-5-23-14(9-21)10-24-17(22)15-11-25-16(19-15)13-6-18-20(3)8-13/h6,8,11-12,14H,4-5,7,9-10H2,1-3H3. The van der Waals surface area contributed by atoms with E-state index in [2.05, 4.69) is 28.8 Å². The Kier molecular flexibility index (Phi) is 5.82. The molecule has 3 heterocycles. The second kappa shape index (κ2) is 8.07. The number of aryl methyl sites for hydroxylation is 1. The Morgan fingerprint density at radius 2 is 2.36 bits per heavy atom. The predicted molar refractivity (Wildman–Crippen MR) is 95.6 cm³/mol. The first-order chi connectivity index (χ1) is 12.0. The summed E-state index contributed by atoms with van der Waals surface area (Å²) in [6, 6.07) is 0. The van der Waals surface area contributed by atoms with Crippen LogP contribution in [0.5, 0.6) is 0 Å². The van der Waals surface area contributed by atoms with Crippen LogP contribution in [0.4, 0.5) is 0 Å². The Hall–Kier alpha value is -1.77. The monoisotopic (exact) mass is 364 g/mol. The highest BCUT2D eigenvalue weighted by atomic mass is 32.1. The van der Waals surface area contributed by atoms with E-state index in [0.29, 0.717) is 18.2 Å². The first-order valence-electron chi connectivity index (χ1n) is 8.47. The summed E-state index contributed by atoms with van der Waals surface area (Å²) < 4.78 is 12.8. The van der Waals surface area contributed by atoms with Crippen LogP contribution in [0.25, 0.3) is 10.6 Å². The number of hydrogen-bond donors (Lipinski definition) is 0. The molecule has 1 saturated heterocycles. The molecule has 7 nitrogen and oxygen atoms in total. The minimum Gasteiger partial charge on any atom is -0.458 e. The van der Waals surface area contributed by atoms with Crippen LogP contribution in [-0.4, -0.2) is 64.6 Å². The van der Waals surface area contributed by atoms with E-state index in [-0.39, 0.29) is 12.7 Å². The summed E-state index contributed by atoms with van der Waals surface area (Å²) in [6.45, 7) is 8.10. The fourth-order valence-electron chi connectivity index (χ4n) is 2.84. The Morgan fingerprint density at radius 1 is 1.52 bits per heavy atom. The lowest BCUT2D eigenvalue weighted by atomic mass is 10.2. The molecule has 1 aliphatic heterocycles. The van der Waals surface area contributed by atoms with Gasteiger partial charge in [0.05, 0.1) is 12.8 Å². The lowest BCUT2D eigenvalue weighted by Crippen LogP contribution is -2.45. The van der Waals surface area contributed by atoms with E-state index in [1.54, 1.807) is 16.3 Å². The number of hydrogen-bond acceptors (Lipinski definition) is 7. The van der Waals surface area contributed by atoms with Gasteiger partial charge in [0, 0.05) is 43.8 Å². The highest BCUT2D eigenvalue weighted by Gasteiger charge is 2.23. The second-order valence-corrected chi connectivity index (χ2v) is 7.54. The van der Waals surface area contributed by atoms with Gasteiger partial charge in [-0.05, 0) is 5.92 Å². The summed E-state index contributed by atoms with van der Waals surface area (Å²) in [5, 5.41) is 6.60. The van der Waals surface area contributed by atoms with Crippen LogP contribution in [0, 0.1) is 5.92 Å². The maximum absolute atomic E-state index is 12.2. The van der Waals surface area contributed by atoms with Gasteiger partial charge in [0.2, 0.25) is 0 Å². The van der Waals surface area contributed by atoms with Crippen LogP contribution in [-0.2, 0) is 16.5 Å². The molecule has 0 saturated carbocycles. The number of thiazole rings is 1. The number of carbonyl (C=O) groups excluding carboxylic acids is 1. The van der Waals surface area contributed by atoms with Crippen molar-refractivity contribution in [3.05, 3.63) is 23.5 Å². The maximum Gasteiger partial charge on any atom is 0.357 e. The van der Waals surface area contributed by atoms with Crippen LogP contribution in [0.2, 0.25) is 0 Å². The minimum absolute atomic E-state index is 0.0760. The number of carbonyl (C=O) groups is 1. The Bertz CT molecular complexity index is 712. The van der Waals surface area contributed by atoms with E-state index in [0.717, 1.165) is 30.2 Å². The van der Waals surface area contributed by atoms with Gasteiger partial charge in [-0.25, -0.2) is 9.78 Å². The van der Waals surface area contributed by atoms with E-state index in [1.807, 2.05) is 13.2 Å². The molecule has 8 heteroatoms. The molecule has 2 aromatic rings. The maximum atomic E-state index is 12.2. The molecule has 0 aliphatic carbocycles. The Balaban J connectivity index is 1.52.